The predicted octanol–water partition coefficient (Wildman–Crippen LogP) is 1.50. The lowest BCUT2D eigenvalue weighted by molar-refractivity contribution is -0.624. The molecule has 1 N–H and O–H groups in total. The molecule has 0 aromatic heterocycles. The highest BCUT2D eigenvalue weighted by atomic mass is 32.2. The first-order valence-electron chi connectivity index (χ1n) is 5.74. The van der Waals surface area contributed by atoms with Gasteiger partial charge in [-0.05, 0) is 23.4 Å². The highest BCUT2D eigenvalue weighted by Gasteiger charge is 2.63. The van der Waals surface area contributed by atoms with Crippen molar-refractivity contribution in [2.75, 3.05) is 17.0 Å². The van der Waals surface area contributed by atoms with Crippen LogP contribution in [0.4, 0.5) is 5.69 Å². The zero-order chi connectivity index (χ0) is 16.0. The van der Waals surface area contributed by atoms with Crippen LogP contribution in [0.3, 0.4) is 0 Å². The van der Waals surface area contributed by atoms with Crippen LogP contribution in [0.2, 0.25) is 0 Å². The van der Waals surface area contributed by atoms with Crippen LogP contribution in [0.5, 0.6) is 0 Å². The molecular formula is C11H13N3O6S. The van der Waals surface area contributed by atoms with Gasteiger partial charge < -0.3 is 5.11 Å². The van der Waals surface area contributed by atoms with E-state index in [-0.39, 0.29) is 16.4 Å². The van der Waals surface area contributed by atoms with Crippen molar-refractivity contribution in [3.8, 4) is 0 Å². The van der Waals surface area contributed by atoms with Crippen molar-refractivity contribution in [2.24, 2.45) is 0 Å². The maximum atomic E-state index is 11.5. The van der Waals surface area contributed by atoms with E-state index in [1.165, 1.54) is 36.0 Å². The smallest absolute Gasteiger partial charge is 0.444 e. The van der Waals surface area contributed by atoms with E-state index in [1.807, 2.05) is 0 Å². The summed E-state index contributed by atoms with van der Waals surface area (Å²) < 4.78 is 0. The van der Waals surface area contributed by atoms with Gasteiger partial charge in [0.25, 0.3) is 0 Å². The van der Waals surface area contributed by atoms with Crippen molar-refractivity contribution in [2.45, 2.75) is 12.1 Å². The molecule has 9 nitrogen and oxygen atoms in total. The second-order valence-corrected chi connectivity index (χ2v) is 4.99. The highest BCUT2D eigenvalue weighted by molar-refractivity contribution is 7.98. The Hall–Kier alpha value is -2.36. The zero-order valence-corrected chi connectivity index (χ0v) is 11.9. The second kappa shape index (κ2) is 6.88. The van der Waals surface area contributed by atoms with E-state index >= 15 is 0 Å². The summed E-state index contributed by atoms with van der Waals surface area (Å²) in [6.07, 6.45) is 1.12. The first-order valence-corrected chi connectivity index (χ1v) is 7.13. The molecule has 1 atom stereocenters. The van der Waals surface area contributed by atoms with E-state index in [2.05, 4.69) is 0 Å². The lowest BCUT2D eigenvalue weighted by Crippen LogP contribution is -2.63. The minimum absolute atomic E-state index is 0.0878. The van der Waals surface area contributed by atoms with Gasteiger partial charge in [0.1, 0.15) is 5.69 Å². The van der Waals surface area contributed by atoms with Crippen LogP contribution in [-0.2, 0) is 4.79 Å². The summed E-state index contributed by atoms with van der Waals surface area (Å²) in [5.74, 6) is -1.79. The minimum Gasteiger partial charge on any atom is -0.474 e. The predicted molar refractivity (Wildman–Crippen MR) is 76.3 cm³/mol. The molecule has 0 aliphatic heterocycles. The van der Waals surface area contributed by atoms with Gasteiger partial charge in [0, 0.05) is 5.75 Å². The van der Waals surface area contributed by atoms with E-state index in [4.69, 9.17) is 0 Å². The molecule has 0 aliphatic carbocycles. The molecule has 0 radical (unpaired) electrons. The van der Waals surface area contributed by atoms with E-state index in [1.54, 1.807) is 12.3 Å². The molecule has 0 spiro atoms. The molecule has 10 heteroatoms. The third kappa shape index (κ3) is 3.21. The first kappa shape index (κ1) is 16.7. The number of thioether (sulfide) groups is 1. The lowest BCUT2D eigenvalue weighted by atomic mass is 10.1. The molecule has 1 aromatic rings. The van der Waals surface area contributed by atoms with Gasteiger partial charge in [-0.1, -0.05) is 18.2 Å². The number of hydrogen-bond acceptors (Lipinski definition) is 6. The molecule has 0 heterocycles. The van der Waals surface area contributed by atoms with Crippen LogP contribution in [0, 0.1) is 20.2 Å². The molecule has 1 aromatic carbocycles. The first-order chi connectivity index (χ1) is 9.87. The normalized spacial score (nSPS) is 13.2. The summed E-state index contributed by atoms with van der Waals surface area (Å²) in [5.41, 5.74) is -3.02. The van der Waals surface area contributed by atoms with Crippen LogP contribution in [0.15, 0.2) is 30.3 Å². The Morgan fingerprint density at radius 3 is 2.29 bits per heavy atom. The Morgan fingerprint density at radius 2 is 1.90 bits per heavy atom. The quantitative estimate of drug-likeness (QED) is 0.434. The average molecular weight is 315 g/mol. The number of hydrogen-bond donors (Lipinski definition) is 1. The number of para-hydroxylation sites is 1. The van der Waals surface area contributed by atoms with E-state index < -0.39 is 28.0 Å². The van der Waals surface area contributed by atoms with Gasteiger partial charge in [-0.3, -0.25) is 10.1 Å². The molecule has 0 aliphatic rings. The van der Waals surface area contributed by atoms with Gasteiger partial charge in [-0.2, -0.15) is 11.8 Å². The molecule has 0 fully saturated rings. The highest BCUT2D eigenvalue weighted by Crippen LogP contribution is 2.29. The number of carboxylic acids is 1. The number of benzene rings is 1. The number of hydrazine groups is 1. The number of rotatable bonds is 8. The minimum atomic E-state index is -2.85. The van der Waals surface area contributed by atoms with Crippen LogP contribution in [-0.4, -0.2) is 38.7 Å². The summed E-state index contributed by atoms with van der Waals surface area (Å²) >= 11 is 1.17. The SMILES string of the molecule is CSCC[C@@](C(=O)O)(N(c1ccccc1)[N+](=O)[O-])[N+](=O)[O-]. The number of carboxylic acid groups (broad SMARTS) is 1. The van der Waals surface area contributed by atoms with Crippen molar-refractivity contribution >= 4 is 23.4 Å². The average Bonchev–Trinajstić information content (AvgIpc) is 2.43. The second-order valence-electron chi connectivity index (χ2n) is 4.01. The number of aliphatic carboxylic acids is 1. The fourth-order valence-corrected chi connectivity index (χ4v) is 2.30. The maximum Gasteiger partial charge on any atom is 0.444 e. The molecular weight excluding hydrogens is 302 g/mol. The van der Waals surface area contributed by atoms with Gasteiger partial charge in [0.05, 0.1) is 11.3 Å². The third-order valence-electron chi connectivity index (χ3n) is 2.81. The fraction of sp³-hybridized carbons (Fsp3) is 0.364. The summed E-state index contributed by atoms with van der Waals surface area (Å²) in [6.45, 7) is 0. The van der Waals surface area contributed by atoms with E-state index in [0.717, 1.165) is 0 Å². The third-order valence-corrected chi connectivity index (χ3v) is 3.43. The summed E-state index contributed by atoms with van der Waals surface area (Å²) in [4.78, 5) is 33.0. The van der Waals surface area contributed by atoms with Crippen LogP contribution in [0.1, 0.15) is 6.42 Å². The Kier molecular flexibility index (Phi) is 5.47. The molecule has 114 valence electrons. The number of anilines is 1. The van der Waals surface area contributed by atoms with Gasteiger partial charge in [0.15, 0.2) is 5.03 Å². The number of nitro groups is 2. The van der Waals surface area contributed by atoms with Crippen molar-refractivity contribution < 1.29 is 19.9 Å². The maximum absolute atomic E-state index is 11.5. The van der Waals surface area contributed by atoms with Crippen LogP contribution >= 0.6 is 11.8 Å². The lowest BCUT2D eigenvalue weighted by Gasteiger charge is -2.26. The summed E-state index contributed by atoms with van der Waals surface area (Å²) in [5, 5.41) is 31.0. The standard InChI is InChI=1S/C11H13N3O6S/c1-21-8-7-11(10(15)16,13(17)18)12(14(19)20)9-5-3-2-4-6-9/h2-6H,7-8H2,1H3,(H,15,16)/t11-/m1/s1. The molecule has 0 saturated carbocycles. The van der Waals surface area contributed by atoms with Crippen LogP contribution < -0.4 is 5.01 Å². The number of nitrogens with zero attached hydrogens (tertiary/aromatic N) is 3. The summed E-state index contributed by atoms with van der Waals surface area (Å²) in [6, 6.07) is 6.95. The monoisotopic (exact) mass is 315 g/mol. The Labute approximate surface area is 123 Å². The number of carbonyl (C=O) groups is 1. The molecule has 21 heavy (non-hydrogen) atoms. The Balaban J connectivity index is 3.47. The molecule has 0 amide bonds. The van der Waals surface area contributed by atoms with Crippen molar-refractivity contribution in [3.05, 3.63) is 50.6 Å². The van der Waals surface area contributed by atoms with Gasteiger partial charge in [-0.15, -0.1) is 0 Å². The Morgan fingerprint density at radius 1 is 1.33 bits per heavy atom. The van der Waals surface area contributed by atoms with Crippen molar-refractivity contribution in [1.82, 2.24) is 0 Å². The zero-order valence-electron chi connectivity index (χ0n) is 11.0. The van der Waals surface area contributed by atoms with Crippen LogP contribution in [0.25, 0.3) is 0 Å². The molecule has 1 rings (SSSR count). The van der Waals surface area contributed by atoms with Gasteiger partial charge in [-0.25, -0.2) is 14.9 Å². The van der Waals surface area contributed by atoms with Gasteiger partial charge in [0.2, 0.25) is 0 Å². The molecule has 0 unspecified atom stereocenters. The van der Waals surface area contributed by atoms with Gasteiger partial charge >= 0.3 is 11.6 Å². The van der Waals surface area contributed by atoms with Crippen molar-refractivity contribution in [3.63, 3.8) is 0 Å². The van der Waals surface area contributed by atoms with Crippen molar-refractivity contribution in [1.29, 1.82) is 0 Å². The summed E-state index contributed by atoms with van der Waals surface area (Å²) in [7, 11) is 0. The fourth-order valence-electron chi connectivity index (χ4n) is 1.81. The molecule has 0 bridgehead atoms. The Bertz CT molecular complexity index is 524. The molecule has 0 saturated heterocycles. The van der Waals surface area contributed by atoms with E-state index in [9.17, 15) is 30.1 Å². The van der Waals surface area contributed by atoms with E-state index in [0.29, 0.717) is 0 Å². The largest absolute Gasteiger partial charge is 0.474 e. The topological polar surface area (TPSA) is 127 Å².